The number of rotatable bonds is 9. The monoisotopic (exact) mass is 347 g/mol. The Labute approximate surface area is 133 Å². The van der Waals surface area contributed by atoms with Crippen LogP contribution in [0.25, 0.3) is 0 Å². The zero-order valence-corrected chi connectivity index (χ0v) is 12.8. The van der Waals surface area contributed by atoms with E-state index in [1.807, 2.05) is 0 Å². The molecule has 0 aromatic heterocycles. The number of nitro groups is 1. The molecule has 0 aliphatic heterocycles. The average Bonchev–Trinajstić information content (AvgIpc) is 2.46. The standard InChI is InChI=1S/C11H13N3O6S2/c12-20-5-10(15)13-7(11(16)17)6-21-22-9-4-2-1-3-8(9)14(18)19/h1-4,7H,5-6,12H2,(H,13,15)(H,16,17). The number of hydrogen-bond donors (Lipinski definition) is 3. The number of carboxylic acid groups (broad SMARTS) is 1. The fourth-order valence-corrected chi connectivity index (χ4v) is 3.67. The van der Waals surface area contributed by atoms with Gasteiger partial charge in [-0.2, -0.15) is 0 Å². The van der Waals surface area contributed by atoms with Crippen LogP contribution in [0.1, 0.15) is 0 Å². The van der Waals surface area contributed by atoms with Crippen molar-refractivity contribution < 1.29 is 24.5 Å². The number of nitrogens with one attached hydrogen (secondary N) is 1. The van der Waals surface area contributed by atoms with Crippen LogP contribution in [0.2, 0.25) is 0 Å². The van der Waals surface area contributed by atoms with Crippen LogP contribution in [0, 0.1) is 10.1 Å². The summed E-state index contributed by atoms with van der Waals surface area (Å²) in [6.45, 7) is -0.453. The molecular weight excluding hydrogens is 334 g/mol. The second kappa shape index (κ2) is 9.25. The van der Waals surface area contributed by atoms with E-state index in [0.717, 1.165) is 21.6 Å². The number of carbonyl (C=O) groups excluding carboxylic acids is 1. The van der Waals surface area contributed by atoms with Gasteiger partial charge in [-0.05, 0) is 6.07 Å². The van der Waals surface area contributed by atoms with Crippen LogP contribution < -0.4 is 11.2 Å². The van der Waals surface area contributed by atoms with E-state index in [2.05, 4.69) is 10.2 Å². The van der Waals surface area contributed by atoms with Crippen molar-refractivity contribution in [2.45, 2.75) is 10.9 Å². The topological polar surface area (TPSA) is 145 Å². The van der Waals surface area contributed by atoms with Gasteiger partial charge in [-0.3, -0.25) is 19.7 Å². The van der Waals surface area contributed by atoms with Crippen molar-refractivity contribution in [3.63, 3.8) is 0 Å². The molecule has 9 nitrogen and oxygen atoms in total. The van der Waals surface area contributed by atoms with Crippen LogP contribution in [0.4, 0.5) is 5.69 Å². The Kier molecular flexibility index (Phi) is 7.66. The summed E-state index contributed by atoms with van der Waals surface area (Å²) in [6, 6.07) is 4.96. The molecule has 22 heavy (non-hydrogen) atoms. The average molecular weight is 347 g/mol. The summed E-state index contributed by atoms with van der Waals surface area (Å²) in [5.41, 5.74) is -0.0626. The molecule has 0 aliphatic carbocycles. The third kappa shape index (κ3) is 5.89. The third-order valence-corrected chi connectivity index (χ3v) is 4.71. The van der Waals surface area contributed by atoms with Crippen LogP contribution in [-0.4, -0.2) is 40.3 Å². The van der Waals surface area contributed by atoms with Crippen molar-refractivity contribution in [3.8, 4) is 0 Å². The Morgan fingerprint density at radius 2 is 2.14 bits per heavy atom. The minimum Gasteiger partial charge on any atom is -0.480 e. The Bertz CT molecular complexity index is 556. The smallest absolute Gasteiger partial charge is 0.327 e. The van der Waals surface area contributed by atoms with Gasteiger partial charge in [0.2, 0.25) is 5.91 Å². The Balaban J connectivity index is 2.58. The molecule has 120 valence electrons. The number of aliphatic carboxylic acids is 1. The highest BCUT2D eigenvalue weighted by Gasteiger charge is 2.21. The first-order valence-electron chi connectivity index (χ1n) is 5.82. The van der Waals surface area contributed by atoms with E-state index in [1.165, 1.54) is 6.07 Å². The molecule has 4 N–H and O–H groups in total. The highest BCUT2D eigenvalue weighted by atomic mass is 33.1. The van der Waals surface area contributed by atoms with E-state index >= 15 is 0 Å². The number of nitro benzene ring substituents is 1. The molecule has 1 atom stereocenters. The maximum absolute atomic E-state index is 11.2. The lowest BCUT2D eigenvalue weighted by Crippen LogP contribution is -2.44. The van der Waals surface area contributed by atoms with Crippen LogP contribution in [0.15, 0.2) is 29.2 Å². The molecular formula is C11H13N3O6S2. The number of hydrogen-bond acceptors (Lipinski definition) is 8. The fraction of sp³-hybridized carbons (Fsp3) is 0.273. The lowest BCUT2D eigenvalue weighted by molar-refractivity contribution is -0.387. The van der Waals surface area contributed by atoms with Gasteiger partial charge in [-0.1, -0.05) is 33.7 Å². The molecule has 1 amide bonds. The molecule has 1 aromatic carbocycles. The van der Waals surface area contributed by atoms with Crippen LogP contribution >= 0.6 is 21.6 Å². The van der Waals surface area contributed by atoms with Crippen LogP contribution in [0.3, 0.4) is 0 Å². The van der Waals surface area contributed by atoms with Crippen molar-refractivity contribution >= 4 is 39.2 Å². The Hall–Kier alpha value is -1.82. The van der Waals surface area contributed by atoms with E-state index in [9.17, 15) is 19.7 Å². The molecule has 0 heterocycles. The molecule has 11 heteroatoms. The maximum Gasteiger partial charge on any atom is 0.327 e. The summed E-state index contributed by atoms with van der Waals surface area (Å²) in [7, 11) is 2.15. The summed E-state index contributed by atoms with van der Waals surface area (Å²) in [5, 5.41) is 22.1. The van der Waals surface area contributed by atoms with Gasteiger partial charge in [-0.25, -0.2) is 10.7 Å². The zero-order valence-electron chi connectivity index (χ0n) is 11.1. The van der Waals surface area contributed by atoms with E-state index in [-0.39, 0.29) is 11.4 Å². The molecule has 0 saturated carbocycles. The van der Waals surface area contributed by atoms with E-state index in [1.54, 1.807) is 18.2 Å². The van der Waals surface area contributed by atoms with E-state index < -0.39 is 29.4 Å². The molecule has 1 unspecified atom stereocenters. The van der Waals surface area contributed by atoms with Crippen molar-refractivity contribution in [1.29, 1.82) is 0 Å². The molecule has 0 aliphatic rings. The third-order valence-electron chi connectivity index (χ3n) is 2.29. The first-order chi connectivity index (χ1) is 10.5. The van der Waals surface area contributed by atoms with Crippen molar-refractivity contribution in [2.75, 3.05) is 12.4 Å². The first-order valence-corrected chi connectivity index (χ1v) is 8.14. The van der Waals surface area contributed by atoms with Gasteiger partial charge in [0.25, 0.3) is 5.69 Å². The normalized spacial score (nSPS) is 11.7. The number of amides is 1. The van der Waals surface area contributed by atoms with Gasteiger partial charge < -0.3 is 10.4 Å². The van der Waals surface area contributed by atoms with Gasteiger partial charge in [-0.15, -0.1) is 0 Å². The van der Waals surface area contributed by atoms with E-state index in [0.29, 0.717) is 4.90 Å². The number of para-hydroxylation sites is 1. The number of carbonyl (C=O) groups is 2. The van der Waals surface area contributed by atoms with Crippen molar-refractivity contribution in [2.24, 2.45) is 5.90 Å². The quantitative estimate of drug-likeness (QED) is 0.335. The van der Waals surface area contributed by atoms with E-state index in [4.69, 9.17) is 11.0 Å². The Morgan fingerprint density at radius 1 is 1.45 bits per heavy atom. The van der Waals surface area contributed by atoms with Crippen LogP contribution in [-0.2, 0) is 14.4 Å². The number of benzene rings is 1. The molecule has 0 fully saturated rings. The first kappa shape index (κ1) is 18.2. The summed E-state index contributed by atoms with van der Waals surface area (Å²) >= 11 is 0. The molecule has 1 aromatic rings. The van der Waals surface area contributed by atoms with Gasteiger partial charge in [0.1, 0.15) is 12.6 Å². The second-order valence-electron chi connectivity index (χ2n) is 3.86. The van der Waals surface area contributed by atoms with Gasteiger partial charge in [0.15, 0.2) is 0 Å². The summed E-state index contributed by atoms with van der Waals surface area (Å²) in [6.07, 6.45) is 0. The SMILES string of the molecule is NOCC(=O)NC(CSSc1ccccc1[N+](=O)[O-])C(=O)O. The Morgan fingerprint density at radius 3 is 2.73 bits per heavy atom. The summed E-state index contributed by atoms with van der Waals surface area (Å²) < 4.78 is 0. The molecule has 0 bridgehead atoms. The minimum atomic E-state index is -1.22. The lowest BCUT2D eigenvalue weighted by Gasteiger charge is -2.13. The second-order valence-corrected chi connectivity index (χ2v) is 6.24. The number of carboxylic acids is 1. The molecule has 1 rings (SSSR count). The predicted octanol–water partition coefficient (Wildman–Crippen LogP) is 0.795. The predicted molar refractivity (Wildman–Crippen MR) is 81.1 cm³/mol. The summed E-state index contributed by atoms with van der Waals surface area (Å²) in [5.74, 6) is 2.85. The van der Waals surface area contributed by atoms with Crippen molar-refractivity contribution in [1.82, 2.24) is 5.32 Å². The number of nitrogens with two attached hydrogens (primary N) is 1. The van der Waals surface area contributed by atoms with Crippen LogP contribution in [0.5, 0.6) is 0 Å². The molecule has 0 radical (unpaired) electrons. The maximum atomic E-state index is 11.2. The largest absolute Gasteiger partial charge is 0.480 e. The summed E-state index contributed by atoms with van der Waals surface area (Å²) in [4.78, 5) is 37.1. The zero-order chi connectivity index (χ0) is 16.5. The fourth-order valence-electron chi connectivity index (χ4n) is 1.33. The molecule has 0 spiro atoms. The van der Waals surface area contributed by atoms with Gasteiger partial charge in [0.05, 0.1) is 9.82 Å². The highest BCUT2D eigenvalue weighted by Crippen LogP contribution is 2.37. The van der Waals surface area contributed by atoms with Gasteiger partial charge in [0, 0.05) is 11.8 Å². The lowest BCUT2D eigenvalue weighted by atomic mass is 10.3. The highest BCUT2D eigenvalue weighted by molar-refractivity contribution is 8.76. The molecule has 0 saturated heterocycles. The number of nitrogens with zero attached hydrogens (tertiary/aromatic N) is 1. The van der Waals surface area contributed by atoms with Gasteiger partial charge >= 0.3 is 5.97 Å². The van der Waals surface area contributed by atoms with Crippen molar-refractivity contribution in [3.05, 3.63) is 34.4 Å². The minimum absolute atomic E-state index is 0.0162.